The molecule has 1 N–H and O–H groups in total. The van der Waals surface area contributed by atoms with E-state index in [0.717, 1.165) is 19.3 Å². The van der Waals surface area contributed by atoms with Crippen LogP contribution in [0.5, 0.6) is 5.75 Å². The average molecular weight is 427 g/mol. The van der Waals surface area contributed by atoms with Gasteiger partial charge < -0.3 is 10.1 Å². The Balaban J connectivity index is 1.69. The van der Waals surface area contributed by atoms with Gasteiger partial charge in [-0.3, -0.25) is 9.59 Å². The Labute approximate surface area is 188 Å². The molecule has 2 amide bonds. The van der Waals surface area contributed by atoms with Gasteiger partial charge in [0, 0.05) is 5.69 Å². The summed E-state index contributed by atoms with van der Waals surface area (Å²) >= 11 is 0. The van der Waals surface area contributed by atoms with E-state index >= 15 is 0 Å². The third-order valence-corrected chi connectivity index (χ3v) is 5.52. The predicted molar refractivity (Wildman–Crippen MR) is 128 cm³/mol. The minimum atomic E-state index is -0.369. The lowest BCUT2D eigenvalue weighted by Gasteiger charge is -2.16. The molecule has 32 heavy (non-hydrogen) atoms. The molecular formula is C27H26N2O3. The Morgan fingerprint density at radius 3 is 2.16 bits per heavy atom. The molecule has 1 aliphatic heterocycles. The minimum Gasteiger partial charge on any atom is -0.497 e. The molecule has 0 aromatic heterocycles. The number of hydrogen-bond donors (Lipinski definition) is 1. The van der Waals surface area contributed by atoms with Crippen molar-refractivity contribution in [1.82, 2.24) is 0 Å². The topological polar surface area (TPSA) is 58.6 Å². The Morgan fingerprint density at radius 1 is 0.844 bits per heavy atom. The first-order valence-corrected chi connectivity index (χ1v) is 10.8. The molecule has 0 saturated heterocycles. The zero-order chi connectivity index (χ0) is 22.5. The number of rotatable bonds is 8. The summed E-state index contributed by atoms with van der Waals surface area (Å²) in [6.07, 6.45) is 3.21. The van der Waals surface area contributed by atoms with E-state index < -0.39 is 0 Å². The highest BCUT2D eigenvalue weighted by Crippen LogP contribution is 2.34. The normalized spacial score (nSPS) is 13.6. The summed E-state index contributed by atoms with van der Waals surface area (Å²) in [6, 6.07) is 24.2. The third-order valence-electron chi connectivity index (χ3n) is 5.52. The SMILES string of the molecule is CCCCc1ccc(N2C(=O)C(Nc3ccc(OC)cc3)=C(c3ccccc3)C2=O)cc1. The Hall–Kier alpha value is -3.86. The fourth-order valence-corrected chi connectivity index (χ4v) is 3.76. The van der Waals surface area contributed by atoms with Gasteiger partial charge >= 0.3 is 0 Å². The van der Waals surface area contributed by atoms with E-state index in [-0.39, 0.29) is 17.5 Å². The summed E-state index contributed by atoms with van der Waals surface area (Å²) in [7, 11) is 1.60. The van der Waals surface area contributed by atoms with Crippen molar-refractivity contribution in [2.75, 3.05) is 17.3 Å². The van der Waals surface area contributed by atoms with Crippen LogP contribution in [-0.4, -0.2) is 18.9 Å². The number of nitrogens with one attached hydrogen (secondary N) is 1. The largest absolute Gasteiger partial charge is 0.497 e. The van der Waals surface area contributed by atoms with Crippen molar-refractivity contribution in [3.63, 3.8) is 0 Å². The smallest absolute Gasteiger partial charge is 0.282 e. The van der Waals surface area contributed by atoms with Crippen molar-refractivity contribution in [3.8, 4) is 5.75 Å². The van der Waals surface area contributed by atoms with Crippen molar-refractivity contribution < 1.29 is 14.3 Å². The maximum Gasteiger partial charge on any atom is 0.282 e. The lowest BCUT2D eigenvalue weighted by Crippen LogP contribution is -2.32. The number of aryl methyl sites for hydroxylation is 1. The number of carbonyl (C=O) groups is 2. The van der Waals surface area contributed by atoms with Crippen molar-refractivity contribution in [3.05, 3.63) is 95.7 Å². The molecule has 3 aromatic rings. The van der Waals surface area contributed by atoms with Gasteiger partial charge in [0.05, 0.1) is 18.4 Å². The Bertz CT molecular complexity index is 1130. The summed E-state index contributed by atoms with van der Waals surface area (Å²) < 4.78 is 5.21. The van der Waals surface area contributed by atoms with Gasteiger partial charge in [-0.15, -0.1) is 0 Å². The van der Waals surface area contributed by atoms with Gasteiger partial charge in [-0.05, 0) is 60.4 Å². The highest BCUT2D eigenvalue weighted by molar-refractivity contribution is 6.46. The molecule has 0 bridgehead atoms. The van der Waals surface area contributed by atoms with Crippen LogP contribution >= 0.6 is 0 Å². The van der Waals surface area contributed by atoms with Gasteiger partial charge in [0.25, 0.3) is 11.8 Å². The molecule has 0 spiro atoms. The first-order valence-electron chi connectivity index (χ1n) is 10.8. The highest BCUT2D eigenvalue weighted by atomic mass is 16.5. The molecule has 3 aromatic carbocycles. The fraction of sp³-hybridized carbons (Fsp3) is 0.185. The second-order valence-electron chi connectivity index (χ2n) is 7.69. The molecule has 5 nitrogen and oxygen atoms in total. The zero-order valence-electron chi connectivity index (χ0n) is 18.3. The van der Waals surface area contributed by atoms with Gasteiger partial charge in [0.1, 0.15) is 11.4 Å². The first-order chi connectivity index (χ1) is 15.6. The minimum absolute atomic E-state index is 0.265. The molecule has 0 saturated carbocycles. The van der Waals surface area contributed by atoms with Crippen LogP contribution in [-0.2, 0) is 16.0 Å². The summed E-state index contributed by atoms with van der Waals surface area (Å²) in [5.41, 5.74) is 3.79. The number of carbonyl (C=O) groups excluding carboxylic acids is 2. The number of imide groups is 1. The number of nitrogens with zero attached hydrogens (tertiary/aromatic N) is 1. The molecule has 0 fully saturated rings. The van der Waals surface area contributed by atoms with Crippen molar-refractivity contribution >= 4 is 28.8 Å². The number of ether oxygens (including phenoxy) is 1. The van der Waals surface area contributed by atoms with E-state index in [1.807, 2.05) is 66.7 Å². The maximum absolute atomic E-state index is 13.5. The van der Waals surface area contributed by atoms with Gasteiger partial charge in [-0.2, -0.15) is 0 Å². The van der Waals surface area contributed by atoms with Gasteiger partial charge in [0.15, 0.2) is 0 Å². The molecule has 1 aliphatic rings. The molecular weight excluding hydrogens is 400 g/mol. The third kappa shape index (κ3) is 4.28. The van der Waals surface area contributed by atoms with Crippen molar-refractivity contribution in [2.45, 2.75) is 26.2 Å². The van der Waals surface area contributed by atoms with E-state index in [1.165, 1.54) is 10.5 Å². The molecule has 4 rings (SSSR count). The molecule has 1 heterocycles. The van der Waals surface area contributed by atoms with Crippen LogP contribution in [0.25, 0.3) is 5.57 Å². The van der Waals surface area contributed by atoms with Crippen molar-refractivity contribution in [2.24, 2.45) is 0 Å². The number of methoxy groups -OCH3 is 1. The molecule has 0 atom stereocenters. The Kier molecular flexibility index (Phi) is 6.36. The summed E-state index contributed by atoms with van der Waals surface area (Å²) in [5.74, 6) is 0.0101. The quantitative estimate of drug-likeness (QED) is 0.488. The van der Waals surface area contributed by atoms with E-state index in [0.29, 0.717) is 28.3 Å². The summed E-state index contributed by atoms with van der Waals surface area (Å²) in [6.45, 7) is 2.16. The summed E-state index contributed by atoms with van der Waals surface area (Å²) in [4.78, 5) is 28.2. The molecule has 0 aliphatic carbocycles. The predicted octanol–water partition coefficient (Wildman–Crippen LogP) is 5.43. The molecule has 162 valence electrons. The van der Waals surface area contributed by atoms with Crippen LogP contribution in [0, 0.1) is 0 Å². The van der Waals surface area contributed by atoms with Gasteiger partial charge in [-0.1, -0.05) is 55.8 Å². The van der Waals surface area contributed by atoms with Crippen LogP contribution in [0.2, 0.25) is 0 Å². The van der Waals surface area contributed by atoms with Crippen LogP contribution in [0.4, 0.5) is 11.4 Å². The first kappa shape index (κ1) is 21.4. The van der Waals surface area contributed by atoms with E-state index in [1.54, 1.807) is 19.2 Å². The van der Waals surface area contributed by atoms with Crippen LogP contribution in [0.3, 0.4) is 0 Å². The number of amides is 2. The van der Waals surface area contributed by atoms with Crippen LogP contribution in [0.15, 0.2) is 84.6 Å². The molecule has 0 unspecified atom stereocenters. The van der Waals surface area contributed by atoms with E-state index in [2.05, 4.69) is 12.2 Å². The number of unbranched alkanes of at least 4 members (excludes halogenated alkanes) is 1. The second-order valence-corrected chi connectivity index (χ2v) is 7.69. The molecule has 0 radical (unpaired) electrons. The molecule has 5 heteroatoms. The lowest BCUT2D eigenvalue weighted by atomic mass is 10.0. The monoisotopic (exact) mass is 426 g/mol. The highest BCUT2D eigenvalue weighted by Gasteiger charge is 2.40. The van der Waals surface area contributed by atoms with Gasteiger partial charge in [0.2, 0.25) is 0 Å². The van der Waals surface area contributed by atoms with E-state index in [4.69, 9.17) is 4.74 Å². The summed E-state index contributed by atoms with van der Waals surface area (Å²) in [5, 5.41) is 3.17. The Morgan fingerprint density at radius 2 is 1.53 bits per heavy atom. The fourth-order valence-electron chi connectivity index (χ4n) is 3.76. The average Bonchev–Trinajstić information content (AvgIpc) is 3.08. The van der Waals surface area contributed by atoms with Crippen molar-refractivity contribution in [1.29, 1.82) is 0 Å². The van der Waals surface area contributed by atoms with E-state index in [9.17, 15) is 9.59 Å². The lowest BCUT2D eigenvalue weighted by molar-refractivity contribution is -0.120. The zero-order valence-corrected chi connectivity index (χ0v) is 18.3. The maximum atomic E-state index is 13.5. The number of benzene rings is 3. The number of anilines is 2. The van der Waals surface area contributed by atoms with Gasteiger partial charge in [-0.25, -0.2) is 4.90 Å². The van der Waals surface area contributed by atoms with Crippen LogP contribution in [0.1, 0.15) is 30.9 Å². The standard InChI is InChI=1S/C27H26N2O3/c1-3-4-8-19-11-15-22(16-12-19)29-26(30)24(20-9-6-5-7-10-20)25(27(29)31)28-21-13-17-23(32-2)18-14-21/h5-7,9-18,28H,3-4,8H2,1-2H3. The number of hydrogen-bond acceptors (Lipinski definition) is 4. The second kappa shape index (κ2) is 9.52. The van der Waals surface area contributed by atoms with Crippen LogP contribution < -0.4 is 15.0 Å².